The number of benzene rings is 2. The van der Waals surface area contributed by atoms with Crippen molar-refractivity contribution < 1.29 is 13.2 Å². The van der Waals surface area contributed by atoms with Gasteiger partial charge >= 0.3 is 0 Å². The monoisotopic (exact) mass is 360 g/mol. The molecule has 0 aliphatic carbocycles. The van der Waals surface area contributed by atoms with E-state index in [4.69, 9.17) is 0 Å². The minimum atomic E-state index is -3.46. The van der Waals surface area contributed by atoms with Crippen molar-refractivity contribution in [3.63, 3.8) is 0 Å². The van der Waals surface area contributed by atoms with Crippen molar-refractivity contribution in [2.45, 2.75) is 26.3 Å². The Hall–Kier alpha value is -2.34. The summed E-state index contributed by atoms with van der Waals surface area (Å²) in [5.41, 5.74) is 1.61. The quantitative estimate of drug-likeness (QED) is 0.792. The summed E-state index contributed by atoms with van der Waals surface area (Å²) in [7, 11) is -3.46. The molecule has 1 atom stereocenters. The average molecular weight is 360 g/mol. The molecule has 1 amide bonds. The molecule has 0 radical (unpaired) electrons. The molecule has 0 fully saturated rings. The highest BCUT2D eigenvalue weighted by atomic mass is 32.2. The van der Waals surface area contributed by atoms with Crippen molar-refractivity contribution in [1.82, 2.24) is 5.32 Å². The minimum absolute atomic E-state index is 0.139. The Morgan fingerprint density at radius 2 is 1.60 bits per heavy atom. The summed E-state index contributed by atoms with van der Waals surface area (Å²) >= 11 is 0. The molecule has 6 heteroatoms. The Labute approximate surface area is 149 Å². The third-order valence-electron chi connectivity index (χ3n) is 3.68. The zero-order valence-corrected chi connectivity index (χ0v) is 15.5. The molecule has 0 saturated heterocycles. The van der Waals surface area contributed by atoms with Crippen LogP contribution in [0.15, 0.2) is 54.6 Å². The molecular formula is C19H24N2O3S. The number of carbonyl (C=O) groups is 1. The van der Waals surface area contributed by atoms with Gasteiger partial charge in [0.15, 0.2) is 0 Å². The fraction of sp³-hybridized carbons (Fsp3) is 0.316. The molecule has 2 aromatic rings. The lowest BCUT2D eigenvalue weighted by molar-refractivity contribution is 0.0933. The highest BCUT2D eigenvalue weighted by molar-refractivity contribution is 7.92. The van der Waals surface area contributed by atoms with Gasteiger partial charge in [0.2, 0.25) is 10.0 Å². The summed E-state index contributed by atoms with van der Waals surface area (Å²) in [6.07, 6.45) is 1.85. The van der Waals surface area contributed by atoms with E-state index in [1.54, 1.807) is 24.3 Å². The van der Waals surface area contributed by atoms with Gasteiger partial charge in [-0.05, 0) is 30.0 Å². The molecule has 2 N–H and O–H groups in total. The molecule has 0 aromatic heterocycles. The standard InChI is InChI=1S/C19H24N2O3S/c1-14(2)13-18(15-9-5-4-6-10-15)20-19(22)16-11-7-8-12-17(16)21-25(3,23)24/h4-12,14,18,21H,13H2,1-3H3,(H,20,22)/t18-/m0/s1. The average Bonchev–Trinajstić information content (AvgIpc) is 2.53. The highest BCUT2D eigenvalue weighted by Crippen LogP contribution is 2.23. The molecule has 0 heterocycles. The van der Waals surface area contributed by atoms with Gasteiger partial charge in [0.05, 0.1) is 23.5 Å². The van der Waals surface area contributed by atoms with Crippen LogP contribution >= 0.6 is 0 Å². The van der Waals surface area contributed by atoms with E-state index >= 15 is 0 Å². The van der Waals surface area contributed by atoms with E-state index in [1.165, 1.54) is 0 Å². The first-order valence-corrected chi connectivity index (χ1v) is 10.1. The van der Waals surface area contributed by atoms with Gasteiger partial charge in [0, 0.05) is 0 Å². The van der Waals surface area contributed by atoms with Gasteiger partial charge in [-0.25, -0.2) is 8.42 Å². The van der Waals surface area contributed by atoms with Gasteiger partial charge < -0.3 is 5.32 Å². The first-order chi connectivity index (χ1) is 11.8. The summed E-state index contributed by atoms with van der Waals surface area (Å²) < 4.78 is 25.4. The van der Waals surface area contributed by atoms with Gasteiger partial charge in [-0.2, -0.15) is 0 Å². The molecule has 0 saturated carbocycles. The maximum absolute atomic E-state index is 12.8. The fourth-order valence-corrected chi connectivity index (χ4v) is 3.22. The zero-order chi connectivity index (χ0) is 18.4. The van der Waals surface area contributed by atoms with Crippen molar-refractivity contribution in [3.8, 4) is 0 Å². The van der Waals surface area contributed by atoms with E-state index in [0.29, 0.717) is 11.5 Å². The number of para-hydroxylation sites is 1. The predicted molar refractivity (Wildman–Crippen MR) is 101 cm³/mol. The molecule has 5 nitrogen and oxygen atoms in total. The van der Waals surface area contributed by atoms with Crippen LogP contribution in [0.1, 0.15) is 42.2 Å². The normalized spacial score (nSPS) is 12.6. The first-order valence-electron chi connectivity index (χ1n) is 8.19. The second kappa shape index (κ2) is 8.16. The third kappa shape index (κ3) is 5.90. The zero-order valence-electron chi connectivity index (χ0n) is 14.7. The maximum atomic E-state index is 12.8. The molecule has 2 aromatic carbocycles. The Morgan fingerprint density at radius 1 is 1.00 bits per heavy atom. The second-order valence-electron chi connectivity index (χ2n) is 6.49. The predicted octanol–water partition coefficient (Wildman–Crippen LogP) is 3.58. The molecule has 0 aliphatic rings. The van der Waals surface area contributed by atoms with Crippen LogP contribution in [-0.2, 0) is 10.0 Å². The van der Waals surface area contributed by atoms with E-state index in [0.717, 1.165) is 18.2 Å². The smallest absolute Gasteiger partial charge is 0.253 e. The van der Waals surface area contributed by atoms with E-state index in [9.17, 15) is 13.2 Å². The van der Waals surface area contributed by atoms with Gasteiger partial charge in [-0.1, -0.05) is 56.3 Å². The lowest BCUT2D eigenvalue weighted by Crippen LogP contribution is -2.30. The van der Waals surface area contributed by atoms with Crippen LogP contribution in [0.4, 0.5) is 5.69 Å². The third-order valence-corrected chi connectivity index (χ3v) is 4.27. The molecule has 2 rings (SSSR count). The Bertz CT molecular complexity index is 818. The number of carbonyl (C=O) groups excluding carboxylic acids is 1. The van der Waals surface area contributed by atoms with Crippen LogP contribution in [0.2, 0.25) is 0 Å². The van der Waals surface area contributed by atoms with Crippen LogP contribution in [0.25, 0.3) is 0 Å². The number of amides is 1. The van der Waals surface area contributed by atoms with E-state index < -0.39 is 10.0 Å². The number of rotatable bonds is 7. The molecule has 0 aliphatic heterocycles. The van der Waals surface area contributed by atoms with E-state index in [2.05, 4.69) is 23.9 Å². The Morgan fingerprint density at radius 3 is 2.20 bits per heavy atom. The van der Waals surface area contributed by atoms with Crippen LogP contribution in [0.3, 0.4) is 0 Å². The van der Waals surface area contributed by atoms with Crippen molar-refractivity contribution in [2.75, 3.05) is 11.0 Å². The van der Waals surface area contributed by atoms with E-state index in [-0.39, 0.29) is 17.6 Å². The van der Waals surface area contributed by atoms with Gasteiger partial charge in [-0.15, -0.1) is 0 Å². The molecular weight excluding hydrogens is 336 g/mol. The molecule has 134 valence electrons. The first kappa shape index (κ1) is 19.0. The summed E-state index contributed by atoms with van der Waals surface area (Å²) in [6, 6.07) is 16.2. The Kier molecular flexibility index (Phi) is 6.20. The number of sulfonamides is 1. The maximum Gasteiger partial charge on any atom is 0.253 e. The fourth-order valence-electron chi connectivity index (χ4n) is 2.64. The SMILES string of the molecule is CC(C)C[C@H](NC(=O)c1ccccc1NS(C)(=O)=O)c1ccccc1. The summed E-state index contributed by atoms with van der Waals surface area (Å²) in [5.74, 6) is 0.0937. The summed E-state index contributed by atoms with van der Waals surface area (Å²) in [6.45, 7) is 4.20. The molecule has 25 heavy (non-hydrogen) atoms. The van der Waals surface area contributed by atoms with Crippen LogP contribution in [0, 0.1) is 5.92 Å². The van der Waals surface area contributed by atoms with E-state index in [1.807, 2.05) is 30.3 Å². The van der Waals surface area contributed by atoms with Crippen molar-refractivity contribution in [1.29, 1.82) is 0 Å². The Balaban J connectivity index is 2.27. The minimum Gasteiger partial charge on any atom is -0.345 e. The van der Waals surface area contributed by atoms with Crippen molar-refractivity contribution in [3.05, 3.63) is 65.7 Å². The lowest BCUT2D eigenvalue weighted by atomic mass is 9.96. The van der Waals surface area contributed by atoms with Crippen LogP contribution < -0.4 is 10.0 Å². The van der Waals surface area contributed by atoms with Crippen molar-refractivity contribution >= 4 is 21.6 Å². The molecule has 0 spiro atoms. The van der Waals surface area contributed by atoms with Gasteiger partial charge in [0.25, 0.3) is 5.91 Å². The van der Waals surface area contributed by atoms with Crippen molar-refractivity contribution in [2.24, 2.45) is 5.92 Å². The van der Waals surface area contributed by atoms with Gasteiger partial charge in [-0.3, -0.25) is 9.52 Å². The number of hydrogen-bond donors (Lipinski definition) is 2. The summed E-state index contributed by atoms with van der Waals surface area (Å²) in [4.78, 5) is 12.8. The van der Waals surface area contributed by atoms with Crippen LogP contribution in [-0.4, -0.2) is 20.6 Å². The second-order valence-corrected chi connectivity index (χ2v) is 8.23. The molecule has 0 bridgehead atoms. The number of hydrogen-bond acceptors (Lipinski definition) is 3. The summed E-state index contributed by atoms with van der Waals surface area (Å²) in [5, 5.41) is 3.03. The number of anilines is 1. The van der Waals surface area contributed by atoms with Crippen LogP contribution in [0.5, 0.6) is 0 Å². The topological polar surface area (TPSA) is 75.3 Å². The molecule has 0 unspecified atom stereocenters. The number of nitrogens with one attached hydrogen (secondary N) is 2. The lowest BCUT2D eigenvalue weighted by Gasteiger charge is -2.22. The largest absolute Gasteiger partial charge is 0.345 e. The van der Waals surface area contributed by atoms with Gasteiger partial charge in [0.1, 0.15) is 0 Å². The highest BCUT2D eigenvalue weighted by Gasteiger charge is 2.19.